The van der Waals surface area contributed by atoms with Crippen LogP contribution in [0.15, 0.2) is 0 Å². The van der Waals surface area contributed by atoms with Gasteiger partial charge in [0.2, 0.25) is 11.8 Å². The number of nitrogens with two attached hydrogens (primary N) is 1. The third-order valence-electron chi connectivity index (χ3n) is 5.93. The van der Waals surface area contributed by atoms with Gasteiger partial charge in [0.15, 0.2) is 6.10 Å². The summed E-state index contributed by atoms with van der Waals surface area (Å²) in [4.78, 5) is 36.9. The van der Waals surface area contributed by atoms with Gasteiger partial charge in [-0.05, 0) is 64.7 Å². The predicted molar refractivity (Wildman–Crippen MR) is 104 cm³/mol. The van der Waals surface area contributed by atoms with Crippen LogP contribution in [0.1, 0.15) is 79.1 Å². The first-order valence-corrected chi connectivity index (χ1v) is 10.1. The van der Waals surface area contributed by atoms with Crippen molar-refractivity contribution in [3.8, 4) is 0 Å². The van der Waals surface area contributed by atoms with Crippen LogP contribution in [0.2, 0.25) is 0 Å². The zero-order chi connectivity index (χ0) is 21.2. The van der Waals surface area contributed by atoms with E-state index in [4.69, 9.17) is 10.5 Å². The van der Waals surface area contributed by atoms with Crippen LogP contribution < -0.4 is 16.4 Å². The van der Waals surface area contributed by atoms with E-state index in [0.717, 1.165) is 32.1 Å². The van der Waals surface area contributed by atoms with Crippen molar-refractivity contribution in [1.29, 1.82) is 0 Å². The largest absolute Gasteiger partial charge is 0.444 e. The Kier molecular flexibility index (Phi) is 6.63. The molecule has 5 N–H and O–H groups in total. The van der Waals surface area contributed by atoms with E-state index in [1.54, 1.807) is 20.8 Å². The van der Waals surface area contributed by atoms with E-state index in [2.05, 4.69) is 17.6 Å². The number of aliphatic hydroxyl groups is 1. The average molecular weight is 398 g/mol. The molecule has 0 aromatic heterocycles. The first-order valence-electron chi connectivity index (χ1n) is 10.1. The van der Waals surface area contributed by atoms with E-state index >= 15 is 0 Å². The minimum Gasteiger partial charge on any atom is -0.444 e. The van der Waals surface area contributed by atoms with Crippen LogP contribution in [-0.2, 0) is 14.3 Å². The first-order chi connectivity index (χ1) is 12.9. The molecule has 2 rings (SSSR count). The monoisotopic (exact) mass is 397 g/mol. The summed E-state index contributed by atoms with van der Waals surface area (Å²) in [7, 11) is 0. The third kappa shape index (κ3) is 5.59. The number of nitrogens with one attached hydrogen (secondary N) is 2. The Balaban J connectivity index is 2.13. The molecular formula is C20H35N3O5. The Hall–Kier alpha value is -1.83. The Bertz CT molecular complexity index is 603. The normalized spacial score (nSPS) is 22.5. The van der Waals surface area contributed by atoms with Gasteiger partial charge in [0, 0.05) is 0 Å². The second-order valence-electron chi connectivity index (χ2n) is 9.72. The second kappa shape index (κ2) is 8.27. The van der Waals surface area contributed by atoms with Gasteiger partial charge in [0.25, 0.3) is 0 Å². The molecule has 28 heavy (non-hydrogen) atoms. The van der Waals surface area contributed by atoms with Crippen LogP contribution in [0.5, 0.6) is 0 Å². The molecule has 0 aromatic rings. The van der Waals surface area contributed by atoms with Crippen molar-refractivity contribution in [2.75, 3.05) is 0 Å². The number of ether oxygens (including phenoxy) is 1. The number of hydrogen-bond acceptors (Lipinski definition) is 5. The average Bonchev–Trinajstić information content (AvgIpc) is 2.93. The molecule has 0 radical (unpaired) electrons. The minimum absolute atomic E-state index is 0.0495. The van der Waals surface area contributed by atoms with Gasteiger partial charge in [-0.15, -0.1) is 0 Å². The fraction of sp³-hybridized carbons (Fsp3) is 0.850. The topological polar surface area (TPSA) is 131 Å². The van der Waals surface area contributed by atoms with E-state index in [0.29, 0.717) is 19.3 Å². The number of carbonyl (C=O) groups is 3. The van der Waals surface area contributed by atoms with Gasteiger partial charge in [-0.3, -0.25) is 9.59 Å². The van der Waals surface area contributed by atoms with Crippen molar-refractivity contribution in [2.24, 2.45) is 11.1 Å². The number of aliphatic hydroxyl groups excluding tert-OH is 1. The summed E-state index contributed by atoms with van der Waals surface area (Å²) in [6.07, 6.45) is 4.26. The molecule has 8 nitrogen and oxygen atoms in total. The summed E-state index contributed by atoms with van der Waals surface area (Å²) in [5.41, 5.74) is 3.48. The smallest absolute Gasteiger partial charge is 0.408 e. The van der Waals surface area contributed by atoms with Gasteiger partial charge in [0.05, 0.1) is 5.54 Å². The molecule has 160 valence electrons. The van der Waals surface area contributed by atoms with Gasteiger partial charge in [-0.1, -0.05) is 19.8 Å². The molecule has 2 aliphatic rings. The lowest BCUT2D eigenvalue weighted by molar-refractivity contribution is -0.138. The summed E-state index contributed by atoms with van der Waals surface area (Å²) in [6, 6.07) is -0.810. The fourth-order valence-electron chi connectivity index (χ4n) is 4.21. The third-order valence-corrected chi connectivity index (χ3v) is 5.93. The summed E-state index contributed by atoms with van der Waals surface area (Å²) >= 11 is 0. The Morgan fingerprint density at radius 1 is 1.11 bits per heavy atom. The number of rotatable bonds is 7. The first kappa shape index (κ1) is 22.5. The minimum atomic E-state index is -1.45. The molecule has 2 atom stereocenters. The van der Waals surface area contributed by atoms with Crippen LogP contribution in [0.25, 0.3) is 0 Å². The lowest BCUT2D eigenvalue weighted by atomic mass is 9.72. The van der Waals surface area contributed by atoms with Gasteiger partial charge in [-0.2, -0.15) is 0 Å². The molecule has 2 aliphatic carbocycles. The number of primary amides is 1. The van der Waals surface area contributed by atoms with Crippen molar-refractivity contribution in [3.05, 3.63) is 0 Å². The maximum atomic E-state index is 13.1. The van der Waals surface area contributed by atoms with E-state index < -0.39 is 41.2 Å². The lowest BCUT2D eigenvalue weighted by Gasteiger charge is -2.45. The Labute approximate surface area is 166 Å². The fourth-order valence-corrected chi connectivity index (χ4v) is 4.21. The van der Waals surface area contributed by atoms with Crippen LogP contribution in [0.4, 0.5) is 4.79 Å². The Morgan fingerprint density at radius 2 is 1.68 bits per heavy atom. The van der Waals surface area contributed by atoms with Crippen LogP contribution in [-0.4, -0.2) is 46.3 Å². The van der Waals surface area contributed by atoms with Crippen molar-refractivity contribution >= 4 is 17.9 Å². The molecule has 2 unspecified atom stereocenters. The molecule has 0 spiro atoms. The Morgan fingerprint density at radius 3 is 2.11 bits per heavy atom. The zero-order valence-corrected chi connectivity index (χ0v) is 17.5. The highest BCUT2D eigenvalue weighted by molar-refractivity contribution is 5.88. The van der Waals surface area contributed by atoms with E-state index in [1.165, 1.54) is 0 Å². The molecule has 3 amide bonds. The van der Waals surface area contributed by atoms with Crippen molar-refractivity contribution in [2.45, 2.75) is 102 Å². The van der Waals surface area contributed by atoms with Gasteiger partial charge >= 0.3 is 6.09 Å². The lowest BCUT2D eigenvalue weighted by Crippen LogP contribution is -2.67. The van der Waals surface area contributed by atoms with Crippen molar-refractivity contribution < 1.29 is 24.2 Å². The van der Waals surface area contributed by atoms with E-state index in [-0.39, 0.29) is 5.41 Å². The highest BCUT2D eigenvalue weighted by Crippen LogP contribution is 2.42. The molecular weight excluding hydrogens is 362 g/mol. The molecule has 2 fully saturated rings. The number of hydrogen-bond donors (Lipinski definition) is 4. The van der Waals surface area contributed by atoms with Gasteiger partial charge in [0.1, 0.15) is 11.6 Å². The van der Waals surface area contributed by atoms with E-state index in [9.17, 15) is 19.5 Å². The van der Waals surface area contributed by atoms with E-state index in [1.807, 2.05) is 0 Å². The highest BCUT2D eigenvalue weighted by Gasteiger charge is 2.48. The molecule has 0 aliphatic heterocycles. The predicted octanol–water partition coefficient (Wildman–Crippen LogP) is 1.74. The SMILES string of the molecule is CC1(CC(NC(=O)OC(C)(C)C)C(=O)NC2(C(O)C(N)=O)CCC2)CCCC1. The molecule has 8 heteroatoms. The molecule has 0 aromatic carbocycles. The summed E-state index contributed by atoms with van der Waals surface area (Å²) in [5.74, 6) is -1.28. The van der Waals surface area contributed by atoms with Crippen LogP contribution in [0, 0.1) is 5.41 Å². The maximum Gasteiger partial charge on any atom is 0.408 e. The quantitative estimate of drug-likeness (QED) is 0.520. The second-order valence-corrected chi connectivity index (χ2v) is 9.72. The highest BCUT2D eigenvalue weighted by atomic mass is 16.6. The van der Waals surface area contributed by atoms with Crippen molar-refractivity contribution in [1.82, 2.24) is 10.6 Å². The van der Waals surface area contributed by atoms with Crippen LogP contribution in [0.3, 0.4) is 0 Å². The molecule has 0 bridgehead atoms. The molecule has 0 saturated heterocycles. The number of carbonyl (C=O) groups excluding carboxylic acids is 3. The number of amides is 3. The zero-order valence-electron chi connectivity index (χ0n) is 17.5. The van der Waals surface area contributed by atoms with Gasteiger partial charge < -0.3 is 26.2 Å². The van der Waals surface area contributed by atoms with Gasteiger partial charge in [-0.25, -0.2) is 4.79 Å². The summed E-state index contributed by atoms with van der Waals surface area (Å²) in [5, 5.41) is 15.7. The standard InChI is InChI=1S/C20H35N3O5/c1-18(2,3)28-17(27)22-13(12-19(4)8-5-6-9-19)16(26)23-20(10-7-11-20)14(24)15(21)25/h13-14,24H,5-12H2,1-4H3,(H2,21,25)(H,22,27)(H,23,26). The van der Waals surface area contributed by atoms with Crippen molar-refractivity contribution in [3.63, 3.8) is 0 Å². The molecule has 2 saturated carbocycles. The summed E-state index contributed by atoms with van der Waals surface area (Å²) in [6.45, 7) is 7.39. The van der Waals surface area contributed by atoms with Crippen LogP contribution >= 0.6 is 0 Å². The summed E-state index contributed by atoms with van der Waals surface area (Å²) < 4.78 is 5.32. The maximum absolute atomic E-state index is 13.1. The molecule has 0 heterocycles. The number of alkyl carbamates (subject to hydrolysis) is 1.